The van der Waals surface area contributed by atoms with Crippen molar-refractivity contribution in [3.63, 3.8) is 0 Å². The van der Waals surface area contributed by atoms with Gasteiger partial charge in [0.2, 0.25) is 11.8 Å². The molecule has 100 valence electrons. The number of carbonyl (C=O) groups excluding carboxylic acids is 2. The minimum Gasteiger partial charge on any atom is -0.396 e. The zero-order valence-electron chi connectivity index (χ0n) is 10.5. The highest BCUT2D eigenvalue weighted by molar-refractivity contribution is 6.22. The van der Waals surface area contributed by atoms with Gasteiger partial charge in [0.25, 0.3) is 0 Å². The third kappa shape index (κ3) is 1.72. The van der Waals surface area contributed by atoms with Crippen molar-refractivity contribution in [1.82, 2.24) is 0 Å². The molecule has 0 aromatic heterocycles. The first-order chi connectivity index (χ1) is 9.03. The summed E-state index contributed by atoms with van der Waals surface area (Å²) in [5, 5.41) is 0. The van der Waals surface area contributed by atoms with Crippen LogP contribution in [0.1, 0.15) is 32.1 Å². The Hall–Kier alpha value is -1.91. The van der Waals surface area contributed by atoms with Crippen molar-refractivity contribution in [2.24, 2.45) is 5.41 Å². The number of carbonyl (C=O) groups is 2. The lowest BCUT2D eigenvalue weighted by atomic mass is 9.84. The largest absolute Gasteiger partial charge is 0.396 e. The van der Waals surface area contributed by atoms with Gasteiger partial charge in [-0.3, -0.25) is 9.59 Å². The maximum atomic E-state index is 13.2. The molecule has 1 spiro atoms. The lowest BCUT2D eigenvalue weighted by Gasteiger charge is -2.21. The Kier molecular flexibility index (Phi) is 2.59. The van der Waals surface area contributed by atoms with E-state index in [1.54, 1.807) is 0 Å². The molecule has 2 N–H and O–H groups in total. The summed E-state index contributed by atoms with van der Waals surface area (Å²) < 4.78 is 13.2. The Balaban J connectivity index is 1.98. The number of benzene rings is 1. The van der Waals surface area contributed by atoms with Crippen LogP contribution in [0.3, 0.4) is 0 Å². The van der Waals surface area contributed by atoms with Gasteiger partial charge in [0.05, 0.1) is 16.8 Å². The number of nitrogens with zero attached hydrogens (tertiary/aromatic N) is 1. The molecule has 1 aliphatic carbocycles. The summed E-state index contributed by atoms with van der Waals surface area (Å²) in [7, 11) is 0. The van der Waals surface area contributed by atoms with E-state index in [0.29, 0.717) is 5.69 Å². The number of nitrogen functional groups attached to an aromatic ring is 1. The van der Waals surface area contributed by atoms with E-state index in [2.05, 4.69) is 0 Å². The molecule has 0 atom stereocenters. The van der Waals surface area contributed by atoms with Crippen molar-refractivity contribution in [1.29, 1.82) is 0 Å². The van der Waals surface area contributed by atoms with Gasteiger partial charge in [-0.25, -0.2) is 9.29 Å². The SMILES string of the molecule is Nc1cc(N2C(=O)CC3(CCCC3)C2=O)ccc1F. The van der Waals surface area contributed by atoms with E-state index < -0.39 is 11.2 Å². The molecule has 1 saturated heterocycles. The smallest absolute Gasteiger partial charge is 0.240 e. The van der Waals surface area contributed by atoms with E-state index in [1.165, 1.54) is 23.1 Å². The van der Waals surface area contributed by atoms with Crippen molar-refractivity contribution in [3.8, 4) is 0 Å². The van der Waals surface area contributed by atoms with Gasteiger partial charge >= 0.3 is 0 Å². The zero-order valence-corrected chi connectivity index (χ0v) is 10.5. The van der Waals surface area contributed by atoms with Gasteiger partial charge in [0.15, 0.2) is 0 Å². The molecule has 1 saturated carbocycles. The highest BCUT2D eigenvalue weighted by Gasteiger charge is 2.53. The number of hydrogen-bond donors (Lipinski definition) is 1. The van der Waals surface area contributed by atoms with Gasteiger partial charge < -0.3 is 5.73 Å². The lowest BCUT2D eigenvalue weighted by Crippen LogP contribution is -2.34. The molecule has 2 amide bonds. The Morgan fingerprint density at radius 1 is 1.21 bits per heavy atom. The van der Waals surface area contributed by atoms with Gasteiger partial charge in [-0.1, -0.05) is 12.8 Å². The summed E-state index contributed by atoms with van der Waals surface area (Å²) in [4.78, 5) is 25.8. The minimum absolute atomic E-state index is 0.0505. The second-order valence-electron chi connectivity index (χ2n) is 5.40. The highest BCUT2D eigenvalue weighted by Crippen LogP contribution is 2.48. The van der Waals surface area contributed by atoms with Crippen molar-refractivity contribution in [2.75, 3.05) is 10.6 Å². The van der Waals surface area contributed by atoms with E-state index >= 15 is 0 Å². The van der Waals surface area contributed by atoms with Crippen LogP contribution >= 0.6 is 0 Å². The molecular formula is C14H15FN2O2. The standard InChI is InChI=1S/C14H15FN2O2/c15-10-4-3-9(7-11(10)16)17-12(18)8-14(13(17)19)5-1-2-6-14/h3-4,7H,1-2,5-6,8,16H2. The monoisotopic (exact) mass is 262 g/mol. The van der Waals surface area contributed by atoms with Crippen LogP contribution in [0.5, 0.6) is 0 Å². The predicted octanol–water partition coefficient (Wildman–Crippen LogP) is 2.23. The van der Waals surface area contributed by atoms with Crippen molar-refractivity contribution < 1.29 is 14.0 Å². The Labute approximate surface area is 110 Å². The summed E-state index contributed by atoms with van der Waals surface area (Å²) >= 11 is 0. The second-order valence-corrected chi connectivity index (χ2v) is 5.40. The molecule has 2 fully saturated rings. The summed E-state index contributed by atoms with van der Waals surface area (Å²) in [6.45, 7) is 0. The van der Waals surface area contributed by atoms with Gasteiger partial charge in [-0.2, -0.15) is 0 Å². The van der Waals surface area contributed by atoms with Crippen LogP contribution in [0.15, 0.2) is 18.2 Å². The maximum Gasteiger partial charge on any atom is 0.240 e. The van der Waals surface area contributed by atoms with E-state index in [4.69, 9.17) is 5.73 Å². The molecule has 19 heavy (non-hydrogen) atoms. The number of amides is 2. The normalized spacial score (nSPS) is 21.6. The van der Waals surface area contributed by atoms with Gasteiger partial charge in [-0.05, 0) is 31.0 Å². The average Bonchev–Trinajstić information content (AvgIpc) is 2.91. The molecular weight excluding hydrogens is 247 g/mol. The van der Waals surface area contributed by atoms with E-state index in [1.807, 2.05) is 0 Å². The van der Waals surface area contributed by atoms with Crippen LogP contribution in [0, 0.1) is 11.2 Å². The molecule has 1 aromatic rings. The number of anilines is 2. The molecule has 0 radical (unpaired) electrons. The van der Waals surface area contributed by atoms with E-state index in [0.717, 1.165) is 25.7 Å². The maximum absolute atomic E-state index is 13.2. The summed E-state index contributed by atoms with van der Waals surface area (Å²) in [5.74, 6) is -0.905. The lowest BCUT2D eigenvalue weighted by molar-refractivity contribution is -0.125. The molecule has 3 rings (SSSR count). The topological polar surface area (TPSA) is 63.4 Å². The first-order valence-corrected chi connectivity index (χ1v) is 6.46. The van der Waals surface area contributed by atoms with Crippen LogP contribution in [-0.4, -0.2) is 11.8 Å². The molecule has 0 bridgehead atoms. The van der Waals surface area contributed by atoms with Crippen LogP contribution in [0.25, 0.3) is 0 Å². The zero-order chi connectivity index (χ0) is 13.6. The number of hydrogen-bond acceptors (Lipinski definition) is 3. The van der Waals surface area contributed by atoms with Crippen molar-refractivity contribution in [3.05, 3.63) is 24.0 Å². The van der Waals surface area contributed by atoms with Crippen molar-refractivity contribution in [2.45, 2.75) is 32.1 Å². The quantitative estimate of drug-likeness (QED) is 0.623. The van der Waals surface area contributed by atoms with Crippen LogP contribution in [0.4, 0.5) is 15.8 Å². The van der Waals surface area contributed by atoms with Gasteiger partial charge in [-0.15, -0.1) is 0 Å². The first-order valence-electron chi connectivity index (χ1n) is 6.46. The third-order valence-electron chi connectivity index (χ3n) is 4.19. The minimum atomic E-state index is -0.543. The van der Waals surface area contributed by atoms with Gasteiger partial charge in [0, 0.05) is 6.42 Å². The molecule has 1 heterocycles. The molecule has 1 aromatic carbocycles. The van der Waals surface area contributed by atoms with Crippen molar-refractivity contribution >= 4 is 23.2 Å². The first kappa shape index (κ1) is 12.1. The van der Waals surface area contributed by atoms with Crippen LogP contribution in [-0.2, 0) is 9.59 Å². The summed E-state index contributed by atoms with van der Waals surface area (Å²) in [6.07, 6.45) is 3.77. The number of halogens is 1. The summed E-state index contributed by atoms with van der Waals surface area (Å²) in [5.41, 5.74) is 5.31. The Morgan fingerprint density at radius 3 is 2.53 bits per heavy atom. The number of nitrogens with two attached hydrogens (primary N) is 1. The molecule has 5 heteroatoms. The molecule has 2 aliphatic rings. The Bertz CT molecular complexity index is 565. The summed E-state index contributed by atoms with van der Waals surface area (Å²) in [6, 6.07) is 3.96. The van der Waals surface area contributed by atoms with E-state index in [9.17, 15) is 14.0 Å². The van der Waals surface area contributed by atoms with Gasteiger partial charge in [0.1, 0.15) is 5.82 Å². The fourth-order valence-corrected chi connectivity index (χ4v) is 3.17. The second kappa shape index (κ2) is 4.05. The number of imide groups is 1. The number of rotatable bonds is 1. The Morgan fingerprint density at radius 2 is 1.89 bits per heavy atom. The van der Waals surface area contributed by atoms with Crippen LogP contribution < -0.4 is 10.6 Å². The fourth-order valence-electron chi connectivity index (χ4n) is 3.17. The highest BCUT2D eigenvalue weighted by atomic mass is 19.1. The fraction of sp³-hybridized carbons (Fsp3) is 0.429. The molecule has 0 unspecified atom stereocenters. The molecule has 4 nitrogen and oxygen atoms in total. The third-order valence-corrected chi connectivity index (χ3v) is 4.19. The molecule has 1 aliphatic heterocycles. The average molecular weight is 262 g/mol. The predicted molar refractivity (Wildman–Crippen MR) is 68.8 cm³/mol. The van der Waals surface area contributed by atoms with E-state index in [-0.39, 0.29) is 23.9 Å². The van der Waals surface area contributed by atoms with Crippen LogP contribution in [0.2, 0.25) is 0 Å².